The summed E-state index contributed by atoms with van der Waals surface area (Å²) < 4.78 is 5.92. The minimum absolute atomic E-state index is 0.382. The molecule has 1 aliphatic rings. The zero-order chi connectivity index (χ0) is 14.4. The van der Waals surface area contributed by atoms with Gasteiger partial charge in [-0.25, -0.2) is 0 Å². The van der Waals surface area contributed by atoms with Crippen LogP contribution in [0.2, 0.25) is 0 Å². The first-order chi connectivity index (χ1) is 10.2. The Morgan fingerprint density at radius 2 is 1.71 bits per heavy atom. The molecule has 108 valence electrons. The van der Waals surface area contributed by atoms with Crippen molar-refractivity contribution in [3.05, 3.63) is 48.0 Å². The van der Waals surface area contributed by atoms with Gasteiger partial charge in [0.25, 0.3) is 0 Å². The molecule has 0 aliphatic heterocycles. The van der Waals surface area contributed by atoms with Crippen molar-refractivity contribution in [1.29, 1.82) is 0 Å². The molecule has 1 unspecified atom stereocenters. The predicted molar refractivity (Wildman–Crippen MR) is 92.0 cm³/mol. The van der Waals surface area contributed by atoms with E-state index in [0.717, 1.165) is 11.2 Å². The lowest BCUT2D eigenvalue weighted by Gasteiger charge is -2.30. The van der Waals surface area contributed by atoms with Crippen LogP contribution in [0.25, 0.3) is 21.9 Å². The van der Waals surface area contributed by atoms with Crippen molar-refractivity contribution < 1.29 is 4.42 Å². The Hall–Kier alpha value is -1.28. The van der Waals surface area contributed by atoms with Crippen molar-refractivity contribution in [3.8, 4) is 0 Å². The summed E-state index contributed by atoms with van der Waals surface area (Å²) in [7, 11) is 0. The van der Waals surface area contributed by atoms with Gasteiger partial charge < -0.3 is 4.42 Å². The molecule has 3 aromatic rings. The van der Waals surface area contributed by atoms with Crippen LogP contribution in [0.3, 0.4) is 0 Å². The van der Waals surface area contributed by atoms with Crippen LogP contribution in [0.15, 0.2) is 46.9 Å². The summed E-state index contributed by atoms with van der Waals surface area (Å²) in [5.74, 6) is 0. The summed E-state index contributed by atoms with van der Waals surface area (Å²) in [5.41, 5.74) is 3.71. The van der Waals surface area contributed by atoms with Crippen molar-refractivity contribution in [2.45, 2.75) is 37.4 Å². The maximum absolute atomic E-state index is 5.92. The molecule has 2 heteroatoms. The highest BCUT2D eigenvalue weighted by Crippen LogP contribution is 2.52. The first kappa shape index (κ1) is 13.4. The molecule has 0 spiro atoms. The molecule has 21 heavy (non-hydrogen) atoms. The molecule has 1 fully saturated rings. The Bertz CT molecular complexity index is 796. The van der Waals surface area contributed by atoms with Gasteiger partial charge in [0.1, 0.15) is 11.2 Å². The number of fused-ring (bicyclic) bond motifs is 3. The monoisotopic (exact) mass is 342 g/mol. The van der Waals surface area contributed by atoms with E-state index in [1.807, 2.05) is 12.1 Å². The Morgan fingerprint density at radius 1 is 1.00 bits per heavy atom. The van der Waals surface area contributed by atoms with E-state index in [2.05, 4.69) is 53.2 Å². The summed E-state index contributed by atoms with van der Waals surface area (Å²) in [6.07, 6.45) is 5.34. The average molecular weight is 343 g/mol. The SMILES string of the molecule is CC1(C(Br)c2ccc3oc4ccccc4c3c2)CCCC1. The van der Waals surface area contributed by atoms with Crippen molar-refractivity contribution in [2.75, 3.05) is 0 Å². The minimum Gasteiger partial charge on any atom is -0.456 e. The molecule has 1 aromatic heterocycles. The molecule has 1 atom stereocenters. The molecule has 1 heterocycles. The lowest BCUT2D eigenvalue weighted by atomic mass is 9.82. The molecule has 2 aromatic carbocycles. The number of para-hydroxylation sites is 1. The normalized spacial score (nSPS) is 19.3. The number of furan rings is 1. The number of hydrogen-bond acceptors (Lipinski definition) is 1. The van der Waals surface area contributed by atoms with Gasteiger partial charge in [0.15, 0.2) is 0 Å². The third-order valence-corrected chi connectivity index (χ3v) is 6.69. The number of alkyl halides is 1. The predicted octanol–water partition coefficient (Wildman–Crippen LogP) is 6.60. The van der Waals surface area contributed by atoms with E-state index < -0.39 is 0 Å². The highest BCUT2D eigenvalue weighted by atomic mass is 79.9. The molecular formula is C19H19BrO. The fraction of sp³-hybridized carbons (Fsp3) is 0.368. The topological polar surface area (TPSA) is 13.1 Å². The van der Waals surface area contributed by atoms with Crippen LogP contribution in [0.5, 0.6) is 0 Å². The average Bonchev–Trinajstić information content (AvgIpc) is 3.10. The van der Waals surface area contributed by atoms with E-state index in [4.69, 9.17) is 4.42 Å². The molecule has 1 saturated carbocycles. The van der Waals surface area contributed by atoms with Crippen molar-refractivity contribution in [3.63, 3.8) is 0 Å². The zero-order valence-electron chi connectivity index (χ0n) is 12.2. The Kier molecular flexibility index (Phi) is 3.11. The fourth-order valence-electron chi connectivity index (χ4n) is 3.74. The summed E-state index contributed by atoms with van der Waals surface area (Å²) in [5, 5.41) is 2.44. The second-order valence-electron chi connectivity index (χ2n) is 6.58. The quantitative estimate of drug-likeness (QED) is 0.478. The summed E-state index contributed by atoms with van der Waals surface area (Å²) >= 11 is 3.98. The second-order valence-corrected chi connectivity index (χ2v) is 7.49. The molecule has 1 aliphatic carbocycles. The highest BCUT2D eigenvalue weighted by molar-refractivity contribution is 9.09. The van der Waals surface area contributed by atoms with Gasteiger partial charge in [-0.05, 0) is 42.0 Å². The first-order valence-corrected chi connectivity index (χ1v) is 8.64. The van der Waals surface area contributed by atoms with E-state index in [9.17, 15) is 0 Å². The van der Waals surface area contributed by atoms with Crippen molar-refractivity contribution >= 4 is 37.9 Å². The maximum Gasteiger partial charge on any atom is 0.135 e. The Labute approximate surface area is 133 Å². The van der Waals surface area contributed by atoms with E-state index >= 15 is 0 Å². The molecule has 0 radical (unpaired) electrons. The smallest absolute Gasteiger partial charge is 0.135 e. The van der Waals surface area contributed by atoms with Crippen molar-refractivity contribution in [2.24, 2.45) is 5.41 Å². The van der Waals surface area contributed by atoms with E-state index in [1.54, 1.807) is 0 Å². The van der Waals surface area contributed by atoms with Gasteiger partial charge in [-0.15, -0.1) is 0 Å². The van der Waals surface area contributed by atoms with E-state index in [-0.39, 0.29) is 0 Å². The summed E-state index contributed by atoms with van der Waals surface area (Å²) in [6, 6.07) is 14.9. The lowest BCUT2D eigenvalue weighted by Crippen LogP contribution is -2.17. The van der Waals surface area contributed by atoms with Gasteiger partial charge in [0.2, 0.25) is 0 Å². The van der Waals surface area contributed by atoms with Gasteiger partial charge in [0, 0.05) is 15.6 Å². The van der Waals surface area contributed by atoms with Crippen LogP contribution in [0, 0.1) is 5.41 Å². The van der Waals surface area contributed by atoms with Crippen LogP contribution >= 0.6 is 15.9 Å². The van der Waals surface area contributed by atoms with Gasteiger partial charge in [-0.1, -0.05) is 60.0 Å². The number of rotatable bonds is 2. The van der Waals surface area contributed by atoms with Gasteiger partial charge in [-0.3, -0.25) is 0 Å². The summed E-state index contributed by atoms with van der Waals surface area (Å²) in [4.78, 5) is 0.422. The summed E-state index contributed by atoms with van der Waals surface area (Å²) in [6.45, 7) is 2.41. The standard InChI is InChI=1S/C19H19BrO/c1-19(10-4-5-11-19)18(20)13-8-9-17-15(12-13)14-6-2-3-7-16(14)21-17/h2-3,6-9,12,18H,4-5,10-11H2,1H3. The molecular weight excluding hydrogens is 324 g/mol. The molecule has 1 nitrogen and oxygen atoms in total. The third-order valence-electron chi connectivity index (χ3n) is 5.05. The minimum atomic E-state index is 0.382. The Morgan fingerprint density at radius 3 is 2.52 bits per heavy atom. The second kappa shape index (κ2) is 4.88. The van der Waals surface area contributed by atoms with Crippen LogP contribution in [-0.4, -0.2) is 0 Å². The van der Waals surface area contributed by atoms with Gasteiger partial charge in [-0.2, -0.15) is 0 Å². The van der Waals surface area contributed by atoms with Crippen LogP contribution in [0.4, 0.5) is 0 Å². The molecule has 0 N–H and O–H groups in total. The van der Waals surface area contributed by atoms with Gasteiger partial charge in [0.05, 0.1) is 0 Å². The van der Waals surface area contributed by atoms with E-state index in [1.165, 1.54) is 42.0 Å². The van der Waals surface area contributed by atoms with Gasteiger partial charge >= 0.3 is 0 Å². The number of hydrogen-bond donors (Lipinski definition) is 0. The van der Waals surface area contributed by atoms with Crippen LogP contribution in [0.1, 0.15) is 43.0 Å². The number of halogens is 1. The number of benzene rings is 2. The fourth-order valence-corrected chi connectivity index (χ4v) is 4.48. The van der Waals surface area contributed by atoms with Crippen LogP contribution < -0.4 is 0 Å². The van der Waals surface area contributed by atoms with Crippen LogP contribution in [-0.2, 0) is 0 Å². The van der Waals surface area contributed by atoms with E-state index in [0.29, 0.717) is 10.2 Å². The zero-order valence-corrected chi connectivity index (χ0v) is 13.8. The third kappa shape index (κ3) is 2.12. The first-order valence-electron chi connectivity index (χ1n) is 7.73. The Balaban J connectivity index is 1.84. The lowest BCUT2D eigenvalue weighted by molar-refractivity contribution is 0.331. The molecule has 0 amide bonds. The largest absolute Gasteiger partial charge is 0.456 e. The maximum atomic E-state index is 5.92. The van der Waals surface area contributed by atoms with Crippen molar-refractivity contribution in [1.82, 2.24) is 0 Å². The molecule has 0 saturated heterocycles. The highest BCUT2D eigenvalue weighted by Gasteiger charge is 2.36. The molecule has 0 bridgehead atoms. The molecule has 4 rings (SSSR count).